The van der Waals surface area contributed by atoms with Crippen LogP contribution in [0.4, 0.5) is 11.4 Å². The number of amides is 1. The third kappa shape index (κ3) is 3.03. The molecule has 2 aromatic carbocycles. The van der Waals surface area contributed by atoms with Crippen LogP contribution >= 0.6 is 0 Å². The average Bonchev–Trinajstić information content (AvgIpc) is 2.86. The topological polar surface area (TPSA) is 35.9 Å². The van der Waals surface area contributed by atoms with Crippen molar-refractivity contribution in [3.8, 4) is 0 Å². The normalized spacial score (nSPS) is 15.5. The summed E-state index contributed by atoms with van der Waals surface area (Å²) in [6, 6.07) is 17.5. The van der Waals surface area contributed by atoms with Crippen molar-refractivity contribution in [1.82, 2.24) is 4.90 Å². The van der Waals surface area contributed by atoms with E-state index in [0.29, 0.717) is 12.4 Å². The highest BCUT2D eigenvalue weighted by atomic mass is 16.2. The molecule has 1 aliphatic heterocycles. The van der Waals surface area contributed by atoms with Gasteiger partial charge in [0.25, 0.3) is 5.91 Å². The SMILES string of the molecule is CCN(CC)CN1C(=O)/C(=N\c2ccccc2)c2ccccc21. The predicted molar refractivity (Wildman–Crippen MR) is 94.4 cm³/mol. The summed E-state index contributed by atoms with van der Waals surface area (Å²) in [6.45, 7) is 6.63. The Morgan fingerprint density at radius 3 is 2.30 bits per heavy atom. The number of carbonyl (C=O) groups is 1. The molecule has 1 amide bonds. The Labute approximate surface area is 137 Å². The number of hydrogen-bond donors (Lipinski definition) is 0. The first-order valence-corrected chi connectivity index (χ1v) is 8.02. The molecule has 1 heterocycles. The van der Waals surface area contributed by atoms with Crippen molar-refractivity contribution in [2.75, 3.05) is 24.7 Å². The molecule has 4 nitrogen and oxygen atoms in total. The molecule has 1 aliphatic rings. The highest BCUT2D eigenvalue weighted by Crippen LogP contribution is 2.30. The second-order valence-corrected chi connectivity index (χ2v) is 5.49. The minimum Gasteiger partial charge on any atom is -0.293 e. The molecule has 0 bridgehead atoms. The summed E-state index contributed by atoms with van der Waals surface area (Å²) in [5.41, 5.74) is 3.18. The van der Waals surface area contributed by atoms with Crippen LogP contribution in [-0.2, 0) is 4.79 Å². The van der Waals surface area contributed by atoms with Crippen LogP contribution in [-0.4, -0.2) is 36.3 Å². The molecule has 0 N–H and O–H groups in total. The van der Waals surface area contributed by atoms with Gasteiger partial charge in [-0.3, -0.25) is 14.6 Å². The van der Waals surface area contributed by atoms with Crippen LogP contribution in [0.25, 0.3) is 0 Å². The van der Waals surface area contributed by atoms with Gasteiger partial charge in [0.2, 0.25) is 0 Å². The zero-order chi connectivity index (χ0) is 16.2. The summed E-state index contributed by atoms with van der Waals surface area (Å²) in [7, 11) is 0. The van der Waals surface area contributed by atoms with Crippen LogP contribution in [0.15, 0.2) is 59.6 Å². The number of hydrogen-bond acceptors (Lipinski definition) is 3. The van der Waals surface area contributed by atoms with E-state index in [-0.39, 0.29) is 5.91 Å². The van der Waals surface area contributed by atoms with E-state index in [4.69, 9.17) is 0 Å². The van der Waals surface area contributed by atoms with Gasteiger partial charge in [-0.25, -0.2) is 4.99 Å². The lowest BCUT2D eigenvalue weighted by Crippen LogP contribution is -2.41. The number of benzene rings is 2. The molecule has 4 heteroatoms. The Morgan fingerprint density at radius 1 is 0.957 bits per heavy atom. The van der Waals surface area contributed by atoms with Gasteiger partial charge in [-0.05, 0) is 31.3 Å². The van der Waals surface area contributed by atoms with Crippen LogP contribution in [0.1, 0.15) is 19.4 Å². The number of rotatable bonds is 5. The van der Waals surface area contributed by atoms with Gasteiger partial charge < -0.3 is 0 Å². The number of nitrogens with zero attached hydrogens (tertiary/aromatic N) is 3. The van der Waals surface area contributed by atoms with Crippen LogP contribution < -0.4 is 4.90 Å². The smallest absolute Gasteiger partial charge is 0.278 e. The number of fused-ring (bicyclic) bond motifs is 1. The second kappa shape index (κ2) is 6.75. The standard InChI is InChI=1S/C19H21N3O/c1-3-21(4-2)14-22-17-13-9-8-12-16(17)18(19(22)23)20-15-10-6-5-7-11-15/h5-13H,3-4,14H2,1-2H3/b20-18-. The molecular weight excluding hydrogens is 286 g/mol. The molecule has 0 spiro atoms. The predicted octanol–water partition coefficient (Wildman–Crippen LogP) is 3.45. The molecule has 0 saturated heterocycles. The Balaban J connectivity index is 2.00. The van der Waals surface area contributed by atoms with E-state index in [1.54, 1.807) is 0 Å². The zero-order valence-corrected chi connectivity index (χ0v) is 13.6. The summed E-state index contributed by atoms with van der Waals surface area (Å²) < 4.78 is 0. The van der Waals surface area contributed by atoms with Crippen LogP contribution in [0.3, 0.4) is 0 Å². The van der Waals surface area contributed by atoms with E-state index >= 15 is 0 Å². The van der Waals surface area contributed by atoms with E-state index in [1.807, 2.05) is 59.5 Å². The van der Waals surface area contributed by atoms with Gasteiger partial charge in [0, 0.05) is 5.56 Å². The Hall–Kier alpha value is -2.46. The molecule has 3 rings (SSSR count). The molecule has 2 aromatic rings. The lowest BCUT2D eigenvalue weighted by atomic mass is 10.1. The summed E-state index contributed by atoms with van der Waals surface area (Å²) in [5, 5.41) is 0. The second-order valence-electron chi connectivity index (χ2n) is 5.49. The molecule has 0 fully saturated rings. The monoisotopic (exact) mass is 307 g/mol. The fourth-order valence-corrected chi connectivity index (χ4v) is 2.77. The van der Waals surface area contributed by atoms with E-state index in [0.717, 1.165) is 30.0 Å². The third-order valence-electron chi connectivity index (χ3n) is 4.13. The number of anilines is 1. The number of aliphatic imine (C=N–C) groups is 1. The minimum atomic E-state index is -0.0260. The zero-order valence-electron chi connectivity index (χ0n) is 13.6. The first kappa shape index (κ1) is 15.4. The number of carbonyl (C=O) groups excluding carboxylic acids is 1. The van der Waals surface area contributed by atoms with Crippen molar-refractivity contribution in [3.05, 3.63) is 60.2 Å². The molecule has 23 heavy (non-hydrogen) atoms. The maximum atomic E-state index is 12.9. The summed E-state index contributed by atoms with van der Waals surface area (Å²) in [5.74, 6) is -0.0260. The van der Waals surface area contributed by atoms with Crippen molar-refractivity contribution in [3.63, 3.8) is 0 Å². The molecule has 0 aliphatic carbocycles. The van der Waals surface area contributed by atoms with Gasteiger partial charge in [0.15, 0.2) is 0 Å². The highest BCUT2D eigenvalue weighted by Gasteiger charge is 2.34. The van der Waals surface area contributed by atoms with E-state index in [2.05, 4.69) is 23.7 Å². The maximum Gasteiger partial charge on any atom is 0.278 e. The van der Waals surface area contributed by atoms with Crippen molar-refractivity contribution >= 4 is 23.0 Å². The van der Waals surface area contributed by atoms with E-state index < -0.39 is 0 Å². The maximum absolute atomic E-state index is 12.9. The largest absolute Gasteiger partial charge is 0.293 e. The minimum absolute atomic E-state index is 0.0260. The Morgan fingerprint density at radius 2 is 1.61 bits per heavy atom. The third-order valence-corrected chi connectivity index (χ3v) is 4.13. The van der Waals surface area contributed by atoms with Crippen molar-refractivity contribution < 1.29 is 4.79 Å². The quantitative estimate of drug-likeness (QED) is 0.848. The van der Waals surface area contributed by atoms with Gasteiger partial charge in [-0.2, -0.15) is 0 Å². The Bertz CT molecular complexity index is 720. The van der Waals surface area contributed by atoms with Gasteiger partial charge in [0.05, 0.1) is 18.0 Å². The fourth-order valence-electron chi connectivity index (χ4n) is 2.77. The van der Waals surface area contributed by atoms with Gasteiger partial charge in [-0.1, -0.05) is 50.2 Å². The van der Waals surface area contributed by atoms with Crippen molar-refractivity contribution in [2.45, 2.75) is 13.8 Å². The lowest BCUT2D eigenvalue weighted by Gasteiger charge is -2.25. The fraction of sp³-hybridized carbons (Fsp3) is 0.263. The Kier molecular flexibility index (Phi) is 4.53. The molecule has 0 atom stereocenters. The summed E-state index contributed by atoms with van der Waals surface area (Å²) in [6.07, 6.45) is 0. The van der Waals surface area contributed by atoms with E-state index in [9.17, 15) is 4.79 Å². The summed E-state index contributed by atoms with van der Waals surface area (Å²) >= 11 is 0. The first-order valence-electron chi connectivity index (χ1n) is 8.02. The molecule has 0 radical (unpaired) electrons. The highest BCUT2D eigenvalue weighted by molar-refractivity contribution is 6.54. The number of para-hydroxylation sites is 2. The van der Waals surface area contributed by atoms with Crippen LogP contribution in [0.5, 0.6) is 0 Å². The molecule has 0 unspecified atom stereocenters. The van der Waals surface area contributed by atoms with Crippen LogP contribution in [0, 0.1) is 0 Å². The average molecular weight is 307 g/mol. The van der Waals surface area contributed by atoms with E-state index in [1.165, 1.54) is 0 Å². The molecular formula is C19H21N3O. The van der Waals surface area contributed by atoms with Gasteiger partial charge in [0.1, 0.15) is 5.71 Å². The first-order chi connectivity index (χ1) is 11.2. The molecule has 0 aromatic heterocycles. The molecule has 118 valence electrons. The van der Waals surface area contributed by atoms with Crippen molar-refractivity contribution in [1.29, 1.82) is 0 Å². The van der Waals surface area contributed by atoms with Crippen molar-refractivity contribution in [2.24, 2.45) is 4.99 Å². The van der Waals surface area contributed by atoms with Crippen LogP contribution in [0.2, 0.25) is 0 Å². The summed E-state index contributed by atoms with van der Waals surface area (Å²) in [4.78, 5) is 21.5. The lowest BCUT2D eigenvalue weighted by molar-refractivity contribution is -0.112. The van der Waals surface area contributed by atoms with Gasteiger partial charge >= 0.3 is 0 Å². The van der Waals surface area contributed by atoms with Gasteiger partial charge in [-0.15, -0.1) is 0 Å². The molecule has 0 saturated carbocycles.